The molecule has 0 rings (SSSR count). The Balaban J connectivity index is 3.29. The van der Waals surface area contributed by atoms with Crippen molar-refractivity contribution >= 4 is 11.9 Å². The van der Waals surface area contributed by atoms with Crippen LogP contribution in [-0.4, -0.2) is 47.4 Å². The van der Waals surface area contributed by atoms with E-state index in [9.17, 15) is 19.8 Å². The fourth-order valence-electron chi connectivity index (χ4n) is 10.2. The predicted molar refractivity (Wildman–Crippen MR) is 315 cm³/mol. The van der Waals surface area contributed by atoms with E-state index in [-0.39, 0.29) is 18.5 Å². The summed E-state index contributed by atoms with van der Waals surface area (Å²) >= 11 is 0. The normalized spacial score (nSPS) is 12.7. The summed E-state index contributed by atoms with van der Waals surface area (Å²) in [6.45, 7) is 4.88. The average molecular weight is 1010 g/mol. The second kappa shape index (κ2) is 61.9. The van der Waals surface area contributed by atoms with Crippen LogP contribution in [0.5, 0.6) is 0 Å². The molecule has 0 aromatic heterocycles. The Hall–Kier alpha value is -1.66. The molecular weight excluding hydrogens is 887 g/mol. The van der Waals surface area contributed by atoms with Gasteiger partial charge in [0.15, 0.2) is 0 Å². The van der Waals surface area contributed by atoms with Gasteiger partial charge in [-0.15, -0.1) is 0 Å². The zero-order valence-corrected chi connectivity index (χ0v) is 48.7. The summed E-state index contributed by atoms with van der Waals surface area (Å²) in [7, 11) is 0. The second-order valence-electron chi connectivity index (χ2n) is 22.5. The van der Waals surface area contributed by atoms with Gasteiger partial charge in [0.05, 0.1) is 25.4 Å². The van der Waals surface area contributed by atoms with E-state index in [0.717, 1.165) is 44.9 Å². The van der Waals surface area contributed by atoms with Gasteiger partial charge in [0.1, 0.15) is 0 Å². The van der Waals surface area contributed by atoms with Gasteiger partial charge in [-0.2, -0.15) is 0 Å². The van der Waals surface area contributed by atoms with E-state index in [1.54, 1.807) is 6.08 Å². The van der Waals surface area contributed by atoms with E-state index in [4.69, 9.17) is 4.74 Å². The smallest absolute Gasteiger partial charge is 0.305 e. The van der Waals surface area contributed by atoms with Gasteiger partial charge in [0.25, 0.3) is 0 Å². The lowest BCUT2D eigenvalue weighted by Gasteiger charge is -2.20. The Morgan fingerprint density at radius 1 is 0.375 bits per heavy atom. The van der Waals surface area contributed by atoms with Crippen molar-refractivity contribution in [1.29, 1.82) is 0 Å². The van der Waals surface area contributed by atoms with Gasteiger partial charge in [-0.05, 0) is 57.8 Å². The molecule has 1 amide bonds. The van der Waals surface area contributed by atoms with Gasteiger partial charge in [-0.25, -0.2) is 0 Å². The highest BCUT2D eigenvalue weighted by Gasteiger charge is 2.18. The summed E-state index contributed by atoms with van der Waals surface area (Å²) in [5, 5.41) is 23.0. The van der Waals surface area contributed by atoms with E-state index in [1.165, 1.54) is 289 Å². The average Bonchev–Trinajstić information content (AvgIpc) is 3.38. The number of ether oxygens (including phenoxy) is 1. The number of unbranched alkanes of at least 4 members (excludes halogenated alkanes) is 48. The van der Waals surface area contributed by atoms with Gasteiger partial charge >= 0.3 is 5.97 Å². The maximum Gasteiger partial charge on any atom is 0.305 e. The van der Waals surface area contributed by atoms with Crippen molar-refractivity contribution in [1.82, 2.24) is 5.32 Å². The van der Waals surface area contributed by atoms with Crippen LogP contribution in [-0.2, 0) is 14.3 Å². The number of aliphatic hydroxyl groups is 2. The molecule has 6 nitrogen and oxygen atoms in total. The molecule has 0 aliphatic carbocycles. The van der Waals surface area contributed by atoms with Crippen LogP contribution in [0.2, 0.25) is 0 Å². The molecule has 0 fully saturated rings. The van der Waals surface area contributed by atoms with Crippen LogP contribution in [0, 0.1) is 0 Å². The highest BCUT2D eigenvalue weighted by molar-refractivity contribution is 5.76. The van der Waals surface area contributed by atoms with Crippen molar-refractivity contribution in [3.8, 4) is 0 Å². The van der Waals surface area contributed by atoms with Gasteiger partial charge in [0, 0.05) is 12.8 Å². The third-order valence-electron chi connectivity index (χ3n) is 15.2. The molecule has 0 bridgehead atoms. The standard InChI is InChI=1S/C66H127NO5/c1-3-5-7-9-11-13-14-36-40-44-48-52-56-60-66(71)72-61-57-53-49-45-41-38-35-33-31-29-27-25-23-21-19-17-15-16-18-20-22-24-26-28-30-32-34-37-39-43-47-51-55-59-65(70)67-63(62-68)64(69)58-54-50-46-42-12-10-8-6-4-2/h13-14,54,58,63-64,68-69H,3-12,15-53,55-57,59-62H2,1-2H3,(H,67,70)/b14-13-,58-54+. The molecule has 3 N–H and O–H groups in total. The minimum absolute atomic E-state index is 0.0123. The minimum Gasteiger partial charge on any atom is -0.466 e. The largest absolute Gasteiger partial charge is 0.466 e. The number of amides is 1. The zero-order chi connectivity index (χ0) is 52.2. The first kappa shape index (κ1) is 70.3. The molecule has 0 aliphatic rings. The van der Waals surface area contributed by atoms with E-state index in [0.29, 0.717) is 19.4 Å². The molecule has 0 aliphatic heterocycles. The fraction of sp³-hybridized carbons (Fsp3) is 0.909. The molecule has 0 aromatic rings. The molecule has 0 heterocycles. The Morgan fingerprint density at radius 2 is 0.653 bits per heavy atom. The number of carbonyl (C=O) groups excluding carboxylic acids is 2. The molecule has 6 heteroatoms. The molecule has 0 radical (unpaired) electrons. The van der Waals surface area contributed by atoms with Crippen LogP contribution >= 0.6 is 0 Å². The lowest BCUT2D eigenvalue weighted by molar-refractivity contribution is -0.143. The highest BCUT2D eigenvalue weighted by atomic mass is 16.5. The van der Waals surface area contributed by atoms with Gasteiger partial charge < -0.3 is 20.3 Å². The first-order valence-electron chi connectivity index (χ1n) is 32.6. The molecule has 0 saturated carbocycles. The Labute approximate surface area is 450 Å². The summed E-state index contributed by atoms with van der Waals surface area (Å²) in [4.78, 5) is 24.4. The Morgan fingerprint density at radius 3 is 1.00 bits per heavy atom. The number of rotatable bonds is 61. The molecule has 426 valence electrons. The highest BCUT2D eigenvalue weighted by Crippen LogP contribution is 2.18. The van der Waals surface area contributed by atoms with E-state index in [1.807, 2.05) is 6.08 Å². The van der Waals surface area contributed by atoms with Crippen molar-refractivity contribution < 1.29 is 24.5 Å². The van der Waals surface area contributed by atoms with E-state index in [2.05, 4.69) is 31.3 Å². The van der Waals surface area contributed by atoms with Crippen molar-refractivity contribution in [3.05, 3.63) is 24.3 Å². The number of allylic oxidation sites excluding steroid dienone is 3. The van der Waals surface area contributed by atoms with Gasteiger partial charge in [-0.3, -0.25) is 9.59 Å². The van der Waals surface area contributed by atoms with E-state index >= 15 is 0 Å². The Kier molecular flexibility index (Phi) is 60.5. The Bertz CT molecular complexity index is 1120. The number of carbonyl (C=O) groups is 2. The first-order chi connectivity index (χ1) is 35.5. The van der Waals surface area contributed by atoms with Crippen molar-refractivity contribution in [2.24, 2.45) is 0 Å². The fourth-order valence-corrected chi connectivity index (χ4v) is 10.2. The third kappa shape index (κ3) is 57.6. The van der Waals surface area contributed by atoms with Gasteiger partial charge in [0.2, 0.25) is 5.91 Å². The number of nitrogens with one attached hydrogen (secondary N) is 1. The molecule has 0 saturated heterocycles. The molecule has 0 aromatic carbocycles. The summed E-state index contributed by atoms with van der Waals surface area (Å²) in [5.74, 6) is -0.0524. The predicted octanol–water partition coefficient (Wildman–Crippen LogP) is 20.6. The molecular formula is C66H127NO5. The number of hydrogen-bond acceptors (Lipinski definition) is 5. The third-order valence-corrected chi connectivity index (χ3v) is 15.2. The molecule has 2 unspecified atom stereocenters. The summed E-state index contributed by atoms with van der Waals surface area (Å²) in [6, 6.07) is -0.621. The summed E-state index contributed by atoms with van der Waals surface area (Å²) in [6.07, 6.45) is 76.9. The summed E-state index contributed by atoms with van der Waals surface area (Å²) in [5.41, 5.74) is 0. The lowest BCUT2D eigenvalue weighted by Crippen LogP contribution is -2.45. The van der Waals surface area contributed by atoms with Crippen LogP contribution < -0.4 is 5.32 Å². The quantitative estimate of drug-likeness (QED) is 0.0320. The monoisotopic (exact) mass is 1010 g/mol. The maximum absolute atomic E-state index is 12.4. The molecule has 0 spiro atoms. The second-order valence-corrected chi connectivity index (χ2v) is 22.5. The van der Waals surface area contributed by atoms with Crippen LogP contribution in [0.25, 0.3) is 0 Å². The van der Waals surface area contributed by atoms with Crippen LogP contribution in [0.15, 0.2) is 24.3 Å². The van der Waals surface area contributed by atoms with Crippen LogP contribution in [0.1, 0.15) is 361 Å². The number of esters is 1. The molecule has 72 heavy (non-hydrogen) atoms. The topological polar surface area (TPSA) is 95.9 Å². The van der Waals surface area contributed by atoms with Crippen molar-refractivity contribution in [3.63, 3.8) is 0 Å². The van der Waals surface area contributed by atoms with Crippen molar-refractivity contribution in [2.45, 2.75) is 373 Å². The van der Waals surface area contributed by atoms with Crippen LogP contribution in [0.3, 0.4) is 0 Å². The number of aliphatic hydroxyl groups excluding tert-OH is 2. The van der Waals surface area contributed by atoms with E-state index < -0.39 is 12.1 Å². The first-order valence-corrected chi connectivity index (χ1v) is 32.6. The van der Waals surface area contributed by atoms with Crippen LogP contribution in [0.4, 0.5) is 0 Å². The lowest BCUT2D eigenvalue weighted by atomic mass is 10.0. The minimum atomic E-state index is -0.838. The number of hydrogen-bond donors (Lipinski definition) is 3. The molecule has 2 atom stereocenters. The SMILES string of the molecule is CCCCCC/C=C\CCCCCCCC(=O)OCCCCCCCCCCCCCCCCCCCCCCCCCCCCCCCCCCCC(=O)NC(CO)C(O)/C=C/CCCCCCCCC. The summed E-state index contributed by atoms with van der Waals surface area (Å²) < 4.78 is 5.48. The maximum atomic E-state index is 12.4. The zero-order valence-electron chi connectivity index (χ0n) is 48.7. The van der Waals surface area contributed by atoms with Gasteiger partial charge in [-0.1, -0.05) is 314 Å². The van der Waals surface area contributed by atoms with Crippen molar-refractivity contribution in [2.75, 3.05) is 13.2 Å².